The fraction of sp³-hybridized carbons (Fsp3) is 0.600. The lowest BCUT2D eigenvalue weighted by Gasteiger charge is -2.28. The quantitative estimate of drug-likeness (QED) is 0.862. The van der Waals surface area contributed by atoms with Crippen molar-refractivity contribution in [2.75, 3.05) is 11.5 Å². The van der Waals surface area contributed by atoms with Gasteiger partial charge in [-0.15, -0.1) is 11.8 Å². The molecule has 2 atom stereocenters. The van der Waals surface area contributed by atoms with Crippen LogP contribution in [0.1, 0.15) is 24.4 Å². The van der Waals surface area contributed by atoms with Gasteiger partial charge in [0.15, 0.2) is 0 Å². The third-order valence-corrected chi connectivity index (χ3v) is 5.67. The summed E-state index contributed by atoms with van der Waals surface area (Å²) in [7, 11) is 0. The van der Waals surface area contributed by atoms with Crippen molar-refractivity contribution in [1.29, 1.82) is 0 Å². The van der Waals surface area contributed by atoms with Gasteiger partial charge < -0.3 is 4.98 Å². The minimum Gasteiger partial charge on any atom is -0.310 e. The molecule has 1 aromatic rings. The van der Waals surface area contributed by atoms with Crippen molar-refractivity contribution in [1.82, 2.24) is 9.97 Å². The molecule has 0 radical (unpaired) electrons. The van der Waals surface area contributed by atoms with E-state index in [2.05, 4.69) is 16.9 Å². The minimum atomic E-state index is -0.0500. The maximum Gasteiger partial charge on any atom is 0.250 e. The number of aromatic amines is 1. The monoisotopic (exact) mass is 242 g/mol. The molecule has 0 aromatic carbocycles. The lowest BCUT2D eigenvalue weighted by molar-refractivity contribution is 0.745. The van der Waals surface area contributed by atoms with Gasteiger partial charge in [0.2, 0.25) is 0 Å². The van der Waals surface area contributed by atoms with E-state index in [1.54, 1.807) is 6.20 Å². The summed E-state index contributed by atoms with van der Waals surface area (Å²) in [6.45, 7) is 2.19. The maximum absolute atomic E-state index is 11.2. The van der Waals surface area contributed by atoms with Crippen LogP contribution in [0.5, 0.6) is 0 Å². The lowest BCUT2D eigenvalue weighted by Crippen LogP contribution is -2.22. The number of hydrogen-bond donors (Lipinski definition) is 1. The van der Waals surface area contributed by atoms with Gasteiger partial charge in [-0.1, -0.05) is 6.92 Å². The van der Waals surface area contributed by atoms with Gasteiger partial charge >= 0.3 is 0 Å². The Morgan fingerprint density at radius 3 is 3.07 bits per heavy atom. The summed E-state index contributed by atoms with van der Waals surface area (Å²) in [4.78, 5) is 18.3. The van der Waals surface area contributed by atoms with Crippen LogP contribution < -0.4 is 5.56 Å². The predicted octanol–water partition coefficient (Wildman–Crippen LogP) is 2.07. The average Bonchev–Trinajstić information content (AvgIpc) is 2.29. The zero-order valence-corrected chi connectivity index (χ0v) is 10.2. The highest BCUT2D eigenvalue weighted by molar-refractivity contribution is 8.06. The molecule has 2 heterocycles. The fourth-order valence-electron chi connectivity index (χ4n) is 1.69. The molecule has 1 aromatic heterocycles. The van der Waals surface area contributed by atoms with Crippen molar-refractivity contribution in [3.05, 3.63) is 28.4 Å². The Kier molecular flexibility index (Phi) is 3.75. The summed E-state index contributed by atoms with van der Waals surface area (Å²) in [6.07, 6.45) is 2.72. The van der Waals surface area contributed by atoms with Crippen LogP contribution in [-0.2, 0) is 0 Å². The first-order valence-electron chi connectivity index (χ1n) is 5.09. The minimum absolute atomic E-state index is 0.0500. The molecule has 1 saturated heterocycles. The molecule has 0 saturated carbocycles. The molecule has 0 amide bonds. The molecule has 1 fully saturated rings. The van der Waals surface area contributed by atoms with Gasteiger partial charge in [0.25, 0.3) is 5.56 Å². The van der Waals surface area contributed by atoms with E-state index in [0.29, 0.717) is 10.5 Å². The Bertz CT molecular complexity index is 380. The molecule has 2 unspecified atom stereocenters. The number of rotatable bonds is 2. The number of nitrogens with zero attached hydrogens (tertiary/aromatic N) is 1. The van der Waals surface area contributed by atoms with Gasteiger partial charge in [-0.05, 0) is 6.42 Å². The van der Waals surface area contributed by atoms with Crippen LogP contribution >= 0.6 is 23.5 Å². The Hall–Kier alpha value is -0.420. The van der Waals surface area contributed by atoms with E-state index in [1.807, 2.05) is 23.5 Å². The summed E-state index contributed by atoms with van der Waals surface area (Å²) >= 11 is 3.89. The van der Waals surface area contributed by atoms with E-state index >= 15 is 0 Å². The number of hydrogen-bond acceptors (Lipinski definition) is 4. The third kappa shape index (κ3) is 2.58. The van der Waals surface area contributed by atoms with Crippen molar-refractivity contribution in [2.24, 2.45) is 0 Å². The molecule has 0 aliphatic carbocycles. The highest BCUT2D eigenvalue weighted by atomic mass is 32.2. The van der Waals surface area contributed by atoms with Crippen molar-refractivity contribution >= 4 is 23.5 Å². The number of thioether (sulfide) groups is 2. The van der Waals surface area contributed by atoms with Crippen LogP contribution in [0.25, 0.3) is 0 Å². The van der Waals surface area contributed by atoms with E-state index in [9.17, 15) is 4.79 Å². The van der Waals surface area contributed by atoms with Gasteiger partial charge in [-0.3, -0.25) is 4.79 Å². The van der Waals surface area contributed by atoms with Crippen molar-refractivity contribution < 1.29 is 0 Å². The number of aromatic nitrogens is 2. The van der Waals surface area contributed by atoms with Crippen molar-refractivity contribution in [3.8, 4) is 0 Å². The van der Waals surface area contributed by atoms with Crippen molar-refractivity contribution in [2.45, 2.75) is 23.8 Å². The second-order valence-electron chi connectivity index (χ2n) is 3.43. The normalized spacial score (nSPS) is 26.5. The smallest absolute Gasteiger partial charge is 0.250 e. The third-order valence-electron chi connectivity index (χ3n) is 2.41. The van der Waals surface area contributed by atoms with Crippen molar-refractivity contribution in [3.63, 3.8) is 0 Å². The van der Waals surface area contributed by atoms with Crippen LogP contribution in [0, 0.1) is 0 Å². The SMILES string of the molecule is CCC1SCCSC1c1nccc(=O)[nH]1. The van der Waals surface area contributed by atoms with E-state index in [0.717, 1.165) is 18.0 Å². The molecule has 3 nitrogen and oxygen atoms in total. The molecule has 1 N–H and O–H groups in total. The van der Waals surface area contributed by atoms with Gasteiger partial charge in [-0.2, -0.15) is 11.8 Å². The zero-order chi connectivity index (χ0) is 10.7. The summed E-state index contributed by atoms with van der Waals surface area (Å²) in [6, 6.07) is 1.46. The van der Waals surface area contributed by atoms with Crippen LogP contribution in [0.4, 0.5) is 0 Å². The standard InChI is InChI=1S/C10H14N2OS2/c1-2-7-9(15-6-5-14-7)10-11-4-3-8(13)12-10/h3-4,7,9H,2,5-6H2,1H3,(H,11,12,13). The fourth-order valence-corrected chi connectivity index (χ4v) is 4.71. The summed E-state index contributed by atoms with van der Waals surface area (Å²) in [5, 5.41) is 0.928. The first-order valence-corrected chi connectivity index (χ1v) is 7.19. The molecule has 1 aliphatic rings. The van der Waals surface area contributed by atoms with Crippen LogP contribution in [0.15, 0.2) is 17.1 Å². The molecular weight excluding hydrogens is 228 g/mol. The van der Waals surface area contributed by atoms with Crippen LogP contribution in [0.2, 0.25) is 0 Å². The van der Waals surface area contributed by atoms with Gasteiger partial charge in [0.1, 0.15) is 5.82 Å². The highest BCUT2D eigenvalue weighted by Crippen LogP contribution is 2.42. The van der Waals surface area contributed by atoms with Crippen LogP contribution in [0.3, 0.4) is 0 Å². The summed E-state index contributed by atoms with van der Waals surface area (Å²) in [5.41, 5.74) is -0.0500. The Morgan fingerprint density at radius 1 is 1.53 bits per heavy atom. The maximum atomic E-state index is 11.2. The summed E-state index contributed by atoms with van der Waals surface area (Å²) in [5.74, 6) is 3.19. The van der Waals surface area contributed by atoms with E-state index in [4.69, 9.17) is 0 Å². The topological polar surface area (TPSA) is 45.8 Å². The molecule has 1 aliphatic heterocycles. The number of nitrogens with one attached hydrogen (secondary N) is 1. The molecule has 82 valence electrons. The second kappa shape index (κ2) is 5.07. The largest absolute Gasteiger partial charge is 0.310 e. The predicted molar refractivity (Wildman–Crippen MR) is 66.6 cm³/mol. The molecule has 2 rings (SSSR count). The molecule has 0 spiro atoms. The molecule has 0 bridgehead atoms. The molecule has 15 heavy (non-hydrogen) atoms. The first kappa shape index (κ1) is 11.1. The zero-order valence-electron chi connectivity index (χ0n) is 8.60. The van der Waals surface area contributed by atoms with Gasteiger partial charge in [0.05, 0.1) is 5.25 Å². The molecule has 5 heteroatoms. The highest BCUT2D eigenvalue weighted by Gasteiger charge is 2.27. The van der Waals surface area contributed by atoms with Gasteiger partial charge in [-0.25, -0.2) is 4.98 Å². The van der Waals surface area contributed by atoms with E-state index < -0.39 is 0 Å². The Balaban J connectivity index is 2.24. The second-order valence-corrected chi connectivity index (χ2v) is 6.02. The summed E-state index contributed by atoms with van der Waals surface area (Å²) < 4.78 is 0. The first-order chi connectivity index (χ1) is 7.31. The van der Waals surface area contributed by atoms with E-state index in [1.165, 1.54) is 11.8 Å². The van der Waals surface area contributed by atoms with Gasteiger partial charge in [0, 0.05) is 29.0 Å². The average molecular weight is 242 g/mol. The Labute approximate surface area is 97.5 Å². The lowest BCUT2D eigenvalue weighted by atomic mass is 10.2. The number of H-pyrrole nitrogens is 1. The Morgan fingerprint density at radius 2 is 2.33 bits per heavy atom. The van der Waals surface area contributed by atoms with E-state index in [-0.39, 0.29) is 5.56 Å². The van der Waals surface area contributed by atoms with Crippen LogP contribution in [-0.4, -0.2) is 26.7 Å². The molecular formula is C10H14N2OS2.